The van der Waals surface area contributed by atoms with Crippen molar-refractivity contribution in [2.75, 3.05) is 27.2 Å². The lowest BCUT2D eigenvalue weighted by Crippen LogP contribution is -2.43. The zero-order valence-electron chi connectivity index (χ0n) is 13.2. The van der Waals surface area contributed by atoms with E-state index in [1.54, 1.807) is 7.11 Å². The standard InChI is InChI=1S/C17H28N2O/c1-13(2)19(3)10-9-18-16-11-15(12-16)14-5-7-17(20-4)8-6-14/h5-8,13,15-16,18H,9-12H2,1-4H3. The van der Waals surface area contributed by atoms with Gasteiger partial charge in [-0.1, -0.05) is 12.1 Å². The molecule has 1 aromatic rings. The maximum absolute atomic E-state index is 5.20. The summed E-state index contributed by atoms with van der Waals surface area (Å²) in [6, 6.07) is 9.85. The van der Waals surface area contributed by atoms with Crippen molar-refractivity contribution in [1.82, 2.24) is 10.2 Å². The van der Waals surface area contributed by atoms with Gasteiger partial charge in [-0.25, -0.2) is 0 Å². The Morgan fingerprint density at radius 3 is 2.45 bits per heavy atom. The van der Waals surface area contributed by atoms with Crippen molar-refractivity contribution < 1.29 is 4.74 Å². The fourth-order valence-electron chi connectivity index (χ4n) is 2.64. The highest BCUT2D eigenvalue weighted by Gasteiger charge is 2.29. The third-order valence-electron chi connectivity index (χ3n) is 4.50. The number of benzene rings is 1. The third kappa shape index (κ3) is 3.97. The van der Waals surface area contributed by atoms with Crippen LogP contribution < -0.4 is 10.1 Å². The molecule has 0 amide bonds. The average Bonchev–Trinajstić information content (AvgIpc) is 2.41. The summed E-state index contributed by atoms with van der Waals surface area (Å²) in [5.74, 6) is 1.67. The maximum Gasteiger partial charge on any atom is 0.118 e. The number of hydrogen-bond acceptors (Lipinski definition) is 3. The Balaban J connectivity index is 1.66. The van der Waals surface area contributed by atoms with Gasteiger partial charge in [-0.3, -0.25) is 0 Å². The van der Waals surface area contributed by atoms with Crippen molar-refractivity contribution >= 4 is 0 Å². The lowest BCUT2D eigenvalue weighted by Gasteiger charge is -2.37. The molecule has 3 heteroatoms. The number of ether oxygens (including phenoxy) is 1. The van der Waals surface area contributed by atoms with Gasteiger partial charge in [0.2, 0.25) is 0 Å². The van der Waals surface area contributed by atoms with Crippen molar-refractivity contribution in [1.29, 1.82) is 0 Å². The minimum Gasteiger partial charge on any atom is -0.497 e. The van der Waals surface area contributed by atoms with E-state index in [0.29, 0.717) is 12.1 Å². The molecule has 3 nitrogen and oxygen atoms in total. The minimum atomic E-state index is 0.630. The summed E-state index contributed by atoms with van der Waals surface area (Å²) in [4.78, 5) is 2.38. The highest BCUT2D eigenvalue weighted by molar-refractivity contribution is 5.30. The minimum absolute atomic E-state index is 0.630. The van der Waals surface area contributed by atoms with Gasteiger partial charge in [0, 0.05) is 25.2 Å². The second-order valence-electron chi connectivity index (χ2n) is 6.17. The van der Waals surface area contributed by atoms with Crippen LogP contribution in [0.4, 0.5) is 0 Å². The highest BCUT2D eigenvalue weighted by Crippen LogP contribution is 2.37. The summed E-state index contributed by atoms with van der Waals surface area (Å²) >= 11 is 0. The van der Waals surface area contributed by atoms with Crippen LogP contribution in [0.2, 0.25) is 0 Å². The molecule has 1 saturated carbocycles. The number of methoxy groups -OCH3 is 1. The van der Waals surface area contributed by atoms with Gasteiger partial charge in [0.1, 0.15) is 5.75 Å². The van der Waals surface area contributed by atoms with Gasteiger partial charge in [-0.2, -0.15) is 0 Å². The van der Waals surface area contributed by atoms with E-state index in [9.17, 15) is 0 Å². The zero-order valence-corrected chi connectivity index (χ0v) is 13.2. The SMILES string of the molecule is COc1ccc(C2CC(NCCN(C)C(C)C)C2)cc1. The molecule has 0 bridgehead atoms. The van der Waals surface area contributed by atoms with Crippen LogP contribution in [-0.4, -0.2) is 44.2 Å². The second-order valence-corrected chi connectivity index (χ2v) is 6.17. The Hall–Kier alpha value is -1.06. The number of hydrogen-bond donors (Lipinski definition) is 1. The van der Waals surface area contributed by atoms with Gasteiger partial charge in [0.15, 0.2) is 0 Å². The summed E-state index contributed by atoms with van der Waals surface area (Å²) in [6.45, 7) is 6.70. The van der Waals surface area contributed by atoms with Crippen molar-refractivity contribution in [3.8, 4) is 5.75 Å². The molecule has 0 saturated heterocycles. The molecule has 0 spiro atoms. The molecule has 1 aromatic carbocycles. The first-order valence-corrected chi connectivity index (χ1v) is 7.67. The fourth-order valence-corrected chi connectivity index (χ4v) is 2.64. The number of nitrogens with zero attached hydrogens (tertiary/aromatic N) is 1. The average molecular weight is 276 g/mol. The van der Waals surface area contributed by atoms with Gasteiger partial charge in [-0.15, -0.1) is 0 Å². The van der Waals surface area contributed by atoms with Crippen LogP contribution >= 0.6 is 0 Å². The maximum atomic E-state index is 5.20. The Bertz CT molecular complexity index is 396. The summed E-state index contributed by atoms with van der Waals surface area (Å²) in [6.07, 6.45) is 2.52. The monoisotopic (exact) mass is 276 g/mol. The molecule has 0 radical (unpaired) electrons. The quantitative estimate of drug-likeness (QED) is 0.829. The Morgan fingerprint density at radius 2 is 1.90 bits per heavy atom. The van der Waals surface area contributed by atoms with Crippen LogP contribution in [0.3, 0.4) is 0 Å². The summed E-state index contributed by atoms with van der Waals surface area (Å²) in [5.41, 5.74) is 1.45. The van der Waals surface area contributed by atoms with Crippen molar-refractivity contribution in [2.45, 2.75) is 44.7 Å². The van der Waals surface area contributed by atoms with Crippen LogP contribution in [0.25, 0.3) is 0 Å². The van der Waals surface area contributed by atoms with Gasteiger partial charge >= 0.3 is 0 Å². The first-order valence-electron chi connectivity index (χ1n) is 7.67. The Morgan fingerprint density at radius 1 is 1.25 bits per heavy atom. The van der Waals surface area contributed by atoms with Crippen molar-refractivity contribution in [3.63, 3.8) is 0 Å². The van der Waals surface area contributed by atoms with E-state index in [2.05, 4.69) is 55.4 Å². The highest BCUT2D eigenvalue weighted by atomic mass is 16.5. The molecule has 1 aliphatic carbocycles. The summed E-state index contributed by atoms with van der Waals surface area (Å²) in [7, 11) is 3.90. The van der Waals surface area contributed by atoms with E-state index < -0.39 is 0 Å². The van der Waals surface area contributed by atoms with Gasteiger partial charge in [0.05, 0.1) is 7.11 Å². The molecule has 1 fully saturated rings. The summed E-state index contributed by atoms with van der Waals surface area (Å²) in [5, 5.41) is 3.66. The summed E-state index contributed by atoms with van der Waals surface area (Å²) < 4.78 is 5.20. The fraction of sp³-hybridized carbons (Fsp3) is 0.647. The van der Waals surface area contributed by atoms with Crippen LogP contribution in [0.5, 0.6) is 5.75 Å². The van der Waals surface area contributed by atoms with E-state index in [1.807, 2.05) is 0 Å². The number of likely N-dealkylation sites (N-methyl/N-ethyl adjacent to an activating group) is 1. The first-order chi connectivity index (χ1) is 9.60. The lowest BCUT2D eigenvalue weighted by atomic mass is 9.76. The predicted octanol–water partition coefficient (Wildman–Crippen LogP) is 2.87. The van der Waals surface area contributed by atoms with Crippen LogP contribution in [0.15, 0.2) is 24.3 Å². The predicted molar refractivity (Wildman–Crippen MR) is 84.5 cm³/mol. The number of rotatable bonds is 7. The third-order valence-corrected chi connectivity index (χ3v) is 4.50. The molecule has 1 N–H and O–H groups in total. The van der Waals surface area contributed by atoms with Crippen LogP contribution in [-0.2, 0) is 0 Å². The number of nitrogens with one attached hydrogen (secondary N) is 1. The molecule has 0 unspecified atom stereocenters. The molecule has 1 aliphatic rings. The molecule has 2 rings (SSSR count). The molecule has 0 aliphatic heterocycles. The molecule has 0 heterocycles. The van der Waals surface area contributed by atoms with E-state index in [4.69, 9.17) is 4.74 Å². The van der Waals surface area contributed by atoms with E-state index in [1.165, 1.54) is 18.4 Å². The molecule has 20 heavy (non-hydrogen) atoms. The Kier molecular flexibility index (Phi) is 5.44. The molecule has 112 valence electrons. The topological polar surface area (TPSA) is 24.5 Å². The van der Waals surface area contributed by atoms with Crippen molar-refractivity contribution in [3.05, 3.63) is 29.8 Å². The van der Waals surface area contributed by atoms with E-state index in [-0.39, 0.29) is 0 Å². The zero-order chi connectivity index (χ0) is 14.5. The largest absolute Gasteiger partial charge is 0.497 e. The van der Waals surface area contributed by atoms with Gasteiger partial charge in [-0.05, 0) is 57.4 Å². The molecular formula is C17H28N2O. The van der Waals surface area contributed by atoms with Gasteiger partial charge < -0.3 is 15.0 Å². The van der Waals surface area contributed by atoms with Gasteiger partial charge in [0.25, 0.3) is 0 Å². The lowest BCUT2D eigenvalue weighted by molar-refractivity contribution is 0.242. The molecule has 0 atom stereocenters. The van der Waals surface area contributed by atoms with E-state index >= 15 is 0 Å². The van der Waals surface area contributed by atoms with Crippen LogP contribution in [0, 0.1) is 0 Å². The normalized spacial score (nSPS) is 22.1. The smallest absolute Gasteiger partial charge is 0.118 e. The van der Waals surface area contributed by atoms with Crippen molar-refractivity contribution in [2.24, 2.45) is 0 Å². The van der Waals surface area contributed by atoms with E-state index in [0.717, 1.165) is 24.8 Å². The first kappa shape index (κ1) is 15.3. The molecular weight excluding hydrogens is 248 g/mol. The second kappa shape index (κ2) is 7.09. The molecule has 0 aromatic heterocycles. The van der Waals surface area contributed by atoms with Crippen LogP contribution in [0.1, 0.15) is 38.2 Å². The Labute approximate surface area is 123 Å².